The van der Waals surface area contributed by atoms with Crippen molar-refractivity contribution in [3.63, 3.8) is 0 Å². The maximum absolute atomic E-state index is 11.6. The summed E-state index contributed by atoms with van der Waals surface area (Å²) in [5.41, 5.74) is 6.12. The summed E-state index contributed by atoms with van der Waals surface area (Å²) in [6.45, 7) is 3.09. The molecule has 1 aromatic rings. The number of hydrogen-bond donors (Lipinski definition) is 2. The molecule has 0 spiro atoms. The number of carbonyl (C=O) groups excluding carboxylic acids is 1. The van der Waals surface area contributed by atoms with Crippen LogP contribution in [0.5, 0.6) is 0 Å². The van der Waals surface area contributed by atoms with Crippen molar-refractivity contribution in [2.45, 2.75) is 26.0 Å². The molecule has 0 saturated heterocycles. The van der Waals surface area contributed by atoms with E-state index in [1.54, 1.807) is 24.2 Å². The average Bonchev–Trinajstić information content (AvgIpc) is 2.73. The van der Waals surface area contributed by atoms with E-state index in [9.17, 15) is 4.79 Å². The third kappa shape index (κ3) is 5.16. The number of halogens is 1. The molecule has 0 aliphatic carbocycles. The van der Waals surface area contributed by atoms with Crippen molar-refractivity contribution in [1.29, 1.82) is 0 Å². The first-order valence-corrected chi connectivity index (χ1v) is 5.24. The molecule has 17 heavy (non-hydrogen) atoms. The fraction of sp³-hybridized carbons (Fsp3) is 0.600. The molecular formula is C10H19ClN4O2. The number of aryl methyl sites for hydroxylation is 1. The van der Waals surface area contributed by atoms with Crippen molar-refractivity contribution in [1.82, 2.24) is 9.78 Å². The molecule has 1 aromatic heterocycles. The molecule has 1 atom stereocenters. The maximum atomic E-state index is 11.6. The molecule has 0 fully saturated rings. The van der Waals surface area contributed by atoms with Gasteiger partial charge in [-0.1, -0.05) is 0 Å². The van der Waals surface area contributed by atoms with Gasteiger partial charge in [0.2, 0.25) is 5.91 Å². The standard InChI is InChI=1S/C10H18N4O2.ClH/c1-3-14-7-8(6-12-14)13-10(15)4-9(5-11)16-2;/h6-7,9H,3-5,11H2,1-2H3,(H,13,15);1H. The van der Waals surface area contributed by atoms with E-state index in [0.29, 0.717) is 12.2 Å². The number of amides is 1. The third-order valence-corrected chi connectivity index (χ3v) is 2.25. The molecule has 0 aliphatic rings. The summed E-state index contributed by atoms with van der Waals surface area (Å²) in [5, 5.41) is 6.79. The number of nitrogens with one attached hydrogen (secondary N) is 1. The minimum atomic E-state index is -0.235. The van der Waals surface area contributed by atoms with E-state index in [1.165, 1.54) is 0 Å². The van der Waals surface area contributed by atoms with E-state index >= 15 is 0 Å². The van der Waals surface area contributed by atoms with Crippen LogP contribution in [-0.2, 0) is 16.1 Å². The number of nitrogens with two attached hydrogens (primary N) is 1. The van der Waals surface area contributed by atoms with Gasteiger partial charge in [0.05, 0.1) is 24.4 Å². The summed E-state index contributed by atoms with van der Waals surface area (Å²) in [5.74, 6) is -0.118. The van der Waals surface area contributed by atoms with Crippen LogP contribution in [0.15, 0.2) is 12.4 Å². The Hall–Kier alpha value is -1.11. The Morgan fingerprint density at radius 2 is 2.41 bits per heavy atom. The lowest BCUT2D eigenvalue weighted by Crippen LogP contribution is -2.28. The quantitative estimate of drug-likeness (QED) is 0.788. The second kappa shape index (κ2) is 8.05. The van der Waals surface area contributed by atoms with Crippen LogP contribution in [0.1, 0.15) is 13.3 Å². The van der Waals surface area contributed by atoms with Gasteiger partial charge in [0.15, 0.2) is 0 Å². The maximum Gasteiger partial charge on any atom is 0.227 e. The number of nitrogens with zero attached hydrogens (tertiary/aromatic N) is 2. The molecule has 0 saturated carbocycles. The van der Waals surface area contributed by atoms with Gasteiger partial charge in [0, 0.05) is 26.4 Å². The summed E-state index contributed by atoms with van der Waals surface area (Å²) in [6, 6.07) is 0. The Bertz CT molecular complexity index is 339. The van der Waals surface area contributed by atoms with Crippen molar-refractivity contribution in [2.75, 3.05) is 19.0 Å². The number of hydrogen-bond acceptors (Lipinski definition) is 4. The van der Waals surface area contributed by atoms with Gasteiger partial charge in [-0.2, -0.15) is 5.10 Å². The molecule has 6 nitrogen and oxygen atoms in total. The minimum Gasteiger partial charge on any atom is -0.380 e. The highest BCUT2D eigenvalue weighted by Gasteiger charge is 2.11. The van der Waals surface area contributed by atoms with Crippen molar-refractivity contribution >= 4 is 24.0 Å². The van der Waals surface area contributed by atoms with E-state index in [0.717, 1.165) is 6.54 Å². The van der Waals surface area contributed by atoms with Gasteiger partial charge >= 0.3 is 0 Å². The number of anilines is 1. The Kier molecular flexibility index (Phi) is 7.53. The normalized spacial score (nSPS) is 11.7. The van der Waals surface area contributed by atoms with Gasteiger partial charge in [-0.05, 0) is 6.92 Å². The van der Waals surface area contributed by atoms with Crippen molar-refractivity contribution in [3.8, 4) is 0 Å². The first-order chi connectivity index (χ1) is 7.69. The van der Waals surface area contributed by atoms with Crippen molar-refractivity contribution < 1.29 is 9.53 Å². The molecule has 0 aromatic carbocycles. The van der Waals surface area contributed by atoms with E-state index in [4.69, 9.17) is 10.5 Å². The molecule has 1 rings (SSSR count). The van der Waals surface area contributed by atoms with Crippen LogP contribution in [0, 0.1) is 0 Å². The number of aromatic nitrogens is 2. The molecule has 0 aliphatic heterocycles. The Morgan fingerprint density at radius 1 is 1.71 bits per heavy atom. The molecule has 1 amide bonds. The first kappa shape index (κ1) is 15.9. The Balaban J connectivity index is 0.00000256. The van der Waals surface area contributed by atoms with Gasteiger partial charge < -0.3 is 15.8 Å². The predicted molar refractivity (Wildman–Crippen MR) is 68.2 cm³/mol. The second-order valence-corrected chi connectivity index (χ2v) is 3.43. The fourth-order valence-electron chi connectivity index (χ4n) is 1.28. The minimum absolute atomic E-state index is 0. The summed E-state index contributed by atoms with van der Waals surface area (Å²) < 4.78 is 6.77. The number of rotatable bonds is 6. The van der Waals surface area contributed by atoms with Gasteiger partial charge in [0.1, 0.15) is 0 Å². The smallest absolute Gasteiger partial charge is 0.227 e. The van der Waals surface area contributed by atoms with Gasteiger partial charge in [-0.3, -0.25) is 9.48 Å². The Labute approximate surface area is 107 Å². The SMILES string of the molecule is CCn1cc(NC(=O)CC(CN)OC)cn1.Cl. The zero-order chi connectivity index (χ0) is 12.0. The van der Waals surface area contributed by atoms with Crippen LogP contribution in [0.2, 0.25) is 0 Å². The van der Waals surface area contributed by atoms with Crippen LogP contribution in [0.25, 0.3) is 0 Å². The summed E-state index contributed by atoms with van der Waals surface area (Å²) >= 11 is 0. The molecule has 0 radical (unpaired) electrons. The van der Waals surface area contributed by atoms with E-state index in [2.05, 4.69) is 10.4 Å². The van der Waals surface area contributed by atoms with Crippen LogP contribution in [0.4, 0.5) is 5.69 Å². The topological polar surface area (TPSA) is 82.2 Å². The third-order valence-electron chi connectivity index (χ3n) is 2.25. The predicted octanol–water partition coefficient (Wildman–Crippen LogP) is 0.627. The summed E-state index contributed by atoms with van der Waals surface area (Å²) in [6.07, 6.45) is 3.42. The van der Waals surface area contributed by atoms with Crippen LogP contribution >= 0.6 is 12.4 Å². The molecule has 7 heteroatoms. The van der Waals surface area contributed by atoms with Gasteiger partial charge in [0.25, 0.3) is 0 Å². The average molecular weight is 263 g/mol. The highest BCUT2D eigenvalue weighted by molar-refractivity contribution is 5.90. The highest BCUT2D eigenvalue weighted by Crippen LogP contribution is 2.06. The highest BCUT2D eigenvalue weighted by atomic mass is 35.5. The van der Waals surface area contributed by atoms with Crippen molar-refractivity contribution in [2.24, 2.45) is 5.73 Å². The molecular weight excluding hydrogens is 244 g/mol. The monoisotopic (exact) mass is 262 g/mol. The van der Waals surface area contributed by atoms with E-state index < -0.39 is 0 Å². The number of methoxy groups -OCH3 is 1. The van der Waals surface area contributed by atoms with E-state index in [-0.39, 0.29) is 30.8 Å². The molecule has 1 heterocycles. The molecule has 98 valence electrons. The van der Waals surface area contributed by atoms with Crippen LogP contribution < -0.4 is 11.1 Å². The number of carbonyl (C=O) groups is 1. The van der Waals surface area contributed by atoms with Crippen LogP contribution in [-0.4, -0.2) is 35.4 Å². The number of ether oxygens (including phenoxy) is 1. The zero-order valence-corrected chi connectivity index (χ0v) is 10.9. The molecule has 1 unspecified atom stereocenters. The fourth-order valence-corrected chi connectivity index (χ4v) is 1.28. The van der Waals surface area contributed by atoms with E-state index in [1.807, 2.05) is 6.92 Å². The summed E-state index contributed by atoms with van der Waals surface area (Å²) in [4.78, 5) is 11.6. The summed E-state index contributed by atoms with van der Waals surface area (Å²) in [7, 11) is 1.54. The lowest BCUT2D eigenvalue weighted by Gasteiger charge is -2.11. The second-order valence-electron chi connectivity index (χ2n) is 3.43. The van der Waals surface area contributed by atoms with Gasteiger partial charge in [-0.15, -0.1) is 12.4 Å². The Morgan fingerprint density at radius 3 is 2.88 bits per heavy atom. The van der Waals surface area contributed by atoms with Crippen molar-refractivity contribution in [3.05, 3.63) is 12.4 Å². The van der Waals surface area contributed by atoms with Gasteiger partial charge in [-0.25, -0.2) is 0 Å². The first-order valence-electron chi connectivity index (χ1n) is 5.24. The lowest BCUT2D eigenvalue weighted by molar-refractivity contribution is -0.118. The molecule has 3 N–H and O–H groups in total. The molecule has 0 bridgehead atoms. The zero-order valence-electron chi connectivity index (χ0n) is 10.0. The lowest BCUT2D eigenvalue weighted by atomic mass is 10.2. The largest absolute Gasteiger partial charge is 0.380 e. The van der Waals surface area contributed by atoms with Crippen LogP contribution in [0.3, 0.4) is 0 Å².